The van der Waals surface area contributed by atoms with Gasteiger partial charge in [0, 0.05) is 0 Å². The van der Waals surface area contributed by atoms with Crippen molar-refractivity contribution in [2.75, 3.05) is 0 Å². The third kappa shape index (κ3) is 1.26. The lowest BCUT2D eigenvalue weighted by atomic mass is 9.85. The van der Waals surface area contributed by atoms with E-state index in [0.29, 0.717) is 11.7 Å². The number of hydrogen-bond acceptors (Lipinski definition) is 1. The minimum Gasteiger partial charge on any atom is -0.875 e. The maximum absolute atomic E-state index is 10.9. The summed E-state index contributed by atoms with van der Waals surface area (Å²) in [6, 6.07) is 0. The number of hydrogen-bond donors (Lipinski definition) is 0. The van der Waals surface area contributed by atoms with Crippen LogP contribution in [-0.4, -0.2) is 0 Å². The first kappa shape index (κ1) is 6.66. The molecule has 2 unspecified atom stereocenters. The van der Waals surface area contributed by atoms with E-state index < -0.39 is 0 Å². The maximum Gasteiger partial charge on any atom is -0.0311 e. The highest BCUT2D eigenvalue weighted by molar-refractivity contribution is 4.99. The topological polar surface area (TPSA) is 23.1 Å². The molecule has 2 atom stereocenters. The highest BCUT2D eigenvalue weighted by Crippen LogP contribution is 2.26. The molecule has 1 aliphatic carbocycles. The van der Waals surface area contributed by atoms with Gasteiger partial charge in [-0.25, -0.2) is 0 Å². The summed E-state index contributed by atoms with van der Waals surface area (Å²) in [6.45, 7) is 4.16. The quantitative estimate of drug-likeness (QED) is 0.478. The Morgan fingerprint density at radius 3 is 2.67 bits per heavy atom. The van der Waals surface area contributed by atoms with Crippen LogP contribution < -0.4 is 5.11 Å². The van der Waals surface area contributed by atoms with Gasteiger partial charge in [0.15, 0.2) is 0 Å². The zero-order valence-corrected chi connectivity index (χ0v) is 6.05. The normalized spacial score (nSPS) is 36.0. The maximum atomic E-state index is 10.9. The Kier molecular flexibility index (Phi) is 1.79. The Bertz CT molecular complexity index is 127. The molecule has 1 rings (SSSR count). The fourth-order valence-corrected chi connectivity index (χ4v) is 1.20. The van der Waals surface area contributed by atoms with Gasteiger partial charge in [-0.2, -0.15) is 0 Å². The Labute approximate surface area is 56.4 Å². The second-order valence-electron chi connectivity index (χ2n) is 2.95. The van der Waals surface area contributed by atoms with Crippen molar-refractivity contribution in [2.24, 2.45) is 11.8 Å². The molecule has 9 heavy (non-hydrogen) atoms. The van der Waals surface area contributed by atoms with Crippen LogP contribution in [0.4, 0.5) is 0 Å². The molecule has 1 heteroatoms. The average Bonchev–Trinajstić information content (AvgIpc) is 1.83. The summed E-state index contributed by atoms with van der Waals surface area (Å²) in [5.74, 6) is 1.22. The minimum atomic E-state index is 0.277. The second-order valence-corrected chi connectivity index (χ2v) is 2.95. The Hall–Kier alpha value is -0.460. The van der Waals surface area contributed by atoms with Crippen LogP contribution in [0.25, 0.3) is 0 Å². The van der Waals surface area contributed by atoms with Crippen molar-refractivity contribution < 1.29 is 5.11 Å². The van der Waals surface area contributed by atoms with E-state index in [4.69, 9.17) is 0 Å². The Morgan fingerprint density at radius 1 is 1.56 bits per heavy atom. The number of rotatable bonds is 0. The summed E-state index contributed by atoms with van der Waals surface area (Å²) in [5.41, 5.74) is 0. The third-order valence-corrected chi connectivity index (χ3v) is 2.27. The van der Waals surface area contributed by atoms with Gasteiger partial charge in [-0.05, 0) is 24.7 Å². The van der Waals surface area contributed by atoms with E-state index in [2.05, 4.69) is 6.92 Å². The van der Waals surface area contributed by atoms with Gasteiger partial charge in [0.2, 0.25) is 0 Å². The molecule has 1 nitrogen and oxygen atoms in total. The molecule has 0 fully saturated rings. The van der Waals surface area contributed by atoms with E-state index in [0.717, 1.165) is 6.42 Å². The monoisotopic (exact) mass is 125 g/mol. The molecule has 0 aromatic heterocycles. The largest absolute Gasteiger partial charge is 0.875 e. The van der Waals surface area contributed by atoms with Gasteiger partial charge in [-0.1, -0.05) is 19.9 Å². The van der Waals surface area contributed by atoms with E-state index >= 15 is 0 Å². The van der Waals surface area contributed by atoms with Crippen LogP contribution in [0.5, 0.6) is 0 Å². The predicted molar refractivity (Wildman–Crippen MR) is 35.6 cm³/mol. The van der Waals surface area contributed by atoms with Gasteiger partial charge in [0.05, 0.1) is 0 Å². The van der Waals surface area contributed by atoms with Crippen molar-refractivity contribution in [1.29, 1.82) is 0 Å². The molecule has 0 amide bonds. The van der Waals surface area contributed by atoms with Gasteiger partial charge in [0.25, 0.3) is 0 Å². The van der Waals surface area contributed by atoms with Gasteiger partial charge >= 0.3 is 0 Å². The Balaban J connectivity index is 2.62. The molecule has 0 aromatic rings. The highest BCUT2D eigenvalue weighted by atomic mass is 16.3. The van der Waals surface area contributed by atoms with Crippen LogP contribution in [0, 0.1) is 11.8 Å². The van der Waals surface area contributed by atoms with Crippen LogP contribution in [0.1, 0.15) is 26.7 Å². The molecule has 0 spiro atoms. The summed E-state index contributed by atoms with van der Waals surface area (Å²) in [6.07, 6.45) is 4.00. The summed E-state index contributed by atoms with van der Waals surface area (Å²) < 4.78 is 0. The zero-order chi connectivity index (χ0) is 6.85. The van der Waals surface area contributed by atoms with Crippen molar-refractivity contribution in [3.8, 4) is 0 Å². The first-order valence-corrected chi connectivity index (χ1v) is 3.59. The predicted octanol–water partition coefficient (Wildman–Crippen LogP) is 1.30. The molecule has 1 aliphatic rings. The summed E-state index contributed by atoms with van der Waals surface area (Å²) in [5, 5.41) is 10.9. The summed E-state index contributed by atoms with van der Waals surface area (Å²) in [7, 11) is 0. The van der Waals surface area contributed by atoms with E-state index in [1.807, 2.05) is 13.0 Å². The van der Waals surface area contributed by atoms with Gasteiger partial charge in [0.1, 0.15) is 0 Å². The van der Waals surface area contributed by atoms with E-state index in [1.165, 1.54) is 6.42 Å². The van der Waals surface area contributed by atoms with Gasteiger partial charge in [-0.15, -0.1) is 5.76 Å². The molecule has 0 bridgehead atoms. The van der Waals surface area contributed by atoms with Crippen LogP contribution in [-0.2, 0) is 0 Å². The van der Waals surface area contributed by atoms with Crippen LogP contribution in [0.2, 0.25) is 0 Å². The molecule has 0 N–H and O–H groups in total. The molecule has 0 saturated carbocycles. The molecule has 0 saturated heterocycles. The van der Waals surface area contributed by atoms with Crippen LogP contribution in [0.15, 0.2) is 11.8 Å². The summed E-state index contributed by atoms with van der Waals surface area (Å²) >= 11 is 0. The molecule has 0 aliphatic heterocycles. The van der Waals surface area contributed by atoms with Crippen molar-refractivity contribution >= 4 is 0 Å². The van der Waals surface area contributed by atoms with Gasteiger partial charge in [-0.3, -0.25) is 0 Å². The molecular formula is C8H13O-. The highest BCUT2D eigenvalue weighted by Gasteiger charge is 2.13. The lowest BCUT2D eigenvalue weighted by Crippen LogP contribution is -2.22. The van der Waals surface area contributed by atoms with Crippen LogP contribution >= 0.6 is 0 Å². The standard InChI is InChI=1S/C8H14O/c1-6-4-3-5-8(9)7(6)2/h5-7,9H,3-4H2,1-2H3/p-1. The number of allylic oxidation sites excluding steroid dienone is 2. The lowest BCUT2D eigenvalue weighted by molar-refractivity contribution is -0.318. The van der Waals surface area contributed by atoms with Crippen molar-refractivity contribution in [3.05, 3.63) is 11.8 Å². The zero-order valence-electron chi connectivity index (χ0n) is 6.05. The lowest BCUT2D eigenvalue weighted by Gasteiger charge is -2.30. The molecule has 0 aromatic carbocycles. The molecular weight excluding hydrogens is 112 g/mol. The first-order valence-electron chi connectivity index (χ1n) is 3.59. The van der Waals surface area contributed by atoms with Crippen LogP contribution in [0.3, 0.4) is 0 Å². The van der Waals surface area contributed by atoms with Crippen molar-refractivity contribution in [1.82, 2.24) is 0 Å². The minimum absolute atomic E-state index is 0.277. The second kappa shape index (κ2) is 2.42. The van der Waals surface area contributed by atoms with Crippen molar-refractivity contribution in [3.63, 3.8) is 0 Å². The third-order valence-electron chi connectivity index (χ3n) is 2.27. The smallest absolute Gasteiger partial charge is 0.0311 e. The fraction of sp³-hybridized carbons (Fsp3) is 0.750. The first-order chi connectivity index (χ1) is 4.22. The van der Waals surface area contributed by atoms with E-state index in [1.54, 1.807) is 0 Å². The van der Waals surface area contributed by atoms with E-state index in [9.17, 15) is 5.11 Å². The molecule has 52 valence electrons. The molecule has 0 radical (unpaired) electrons. The summed E-state index contributed by atoms with van der Waals surface area (Å²) in [4.78, 5) is 0. The van der Waals surface area contributed by atoms with Crippen molar-refractivity contribution in [2.45, 2.75) is 26.7 Å². The fourth-order valence-electron chi connectivity index (χ4n) is 1.20. The Morgan fingerprint density at radius 2 is 2.22 bits per heavy atom. The van der Waals surface area contributed by atoms with E-state index in [-0.39, 0.29) is 5.92 Å². The van der Waals surface area contributed by atoms with Gasteiger partial charge < -0.3 is 5.11 Å². The average molecular weight is 125 g/mol. The SMILES string of the molecule is CC1CCC=C([O-])C1C. The molecule has 0 heterocycles.